The highest BCUT2D eigenvalue weighted by Gasteiger charge is 2.47. The number of carbonyl (C=O) groups is 2. The number of carbonyl (C=O) groups excluding carboxylic acids is 2. The predicted molar refractivity (Wildman–Crippen MR) is 68.1 cm³/mol. The molecule has 3 aliphatic rings. The lowest BCUT2D eigenvalue weighted by atomic mass is 9.87. The van der Waals surface area contributed by atoms with Crippen molar-refractivity contribution in [1.29, 1.82) is 0 Å². The number of esters is 2. The van der Waals surface area contributed by atoms with Crippen molar-refractivity contribution in [3.05, 3.63) is 35.5 Å². The summed E-state index contributed by atoms with van der Waals surface area (Å²) in [5.74, 6) is -0.905. The molecule has 19 heavy (non-hydrogen) atoms. The maximum absolute atomic E-state index is 11.8. The summed E-state index contributed by atoms with van der Waals surface area (Å²) in [5, 5.41) is 0. The number of hydrogen-bond donors (Lipinski definition) is 0. The molecule has 2 saturated heterocycles. The summed E-state index contributed by atoms with van der Waals surface area (Å²) in [6.45, 7) is 5.81. The summed E-state index contributed by atoms with van der Waals surface area (Å²) in [5.41, 5.74) is 2.28. The van der Waals surface area contributed by atoms with Gasteiger partial charge in [0, 0.05) is 17.6 Å². The minimum Gasteiger partial charge on any atom is -0.458 e. The van der Waals surface area contributed by atoms with Gasteiger partial charge in [-0.25, -0.2) is 9.59 Å². The highest BCUT2D eigenvalue weighted by atomic mass is 16.6. The third kappa shape index (κ3) is 2.01. The average molecular weight is 260 g/mol. The van der Waals surface area contributed by atoms with E-state index in [-0.39, 0.29) is 30.1 Å². The summed E-state index contributed by atoms with van der Waals surface area (Å²) in [6.07, 6.45) is 5.44. The number of allylic oxidation sites excluding steroid dienone is 2. The minimum absolute atomic E-state index is 0.254. The molecule has 0 aromatic carbocycles. The second-order valence-electron chi connectivity index (χ2n) is 5.35. The third-order valence-electron chi connectivity index (χ3n) is 3.98. The van der Waals surface area contributed by atoms with Crippen LogP contribution in [-0.2, 0) is 19.1 Å². The predicted octanol–water partition coefficient (Wildman–Crippen LogP) is 2.07. The minimum atomic E-state index is -0.383. The van der Waals surface area contributed by atoms with E-state index in [2.05, 4.69) is 6.58 Å². The standard InChI is InChI=1S/C15H16O4/c1-8-4-3-5-10-7-12(19-15(10)17)13-9(2)14(16)18-11(13)6-8/h5-6,11-13H,2-4,7H2,1H3/b8-6+,10-5?/t11-,12+,13+/m1/s1. The lowest BCUT2D eigenvalue weighted by molar-refractivity contribution is -0.141. The molecule has 2 heterocycles. The smallest absolute Gasteiger partial charge is 0.334 e. The molecule has 0 radical (unpaired) electrons. The van der Waals surface area contributed by atoms with Gasteiger partial charge in [-0.05, 0) is 25.8 Å². The first-order chi connectivity index (χ1) is 9.06. The van der Waals surface area contributed by atoms with Crippen molar-refractivity contribution in [2.75, 3.05) is 0 Å². The fourth-order valence-electron chi connectivity index (χ4n) is 2.94. The van der Waals surface area contributed by atoms with Crippen molar-refractivity contribution >= 4 is 11.9 Å². The van der Waals surface area contributed by atoms with E-state index in [0.29, 0.717) is 17.6 Å². The van der Waals surface area contributed by atoms with Gasteiger partial charge in [0.25, 0.3) is 0 Å². The Labute approximate surface area is 111 Å². The lowest BCUT2D eigenvalue weighted by Gasteiger charge is -2.21. The molecule has 0 saturated carbocycles. The summed E-state index contributed by atoms with van der Waals surface area (Å²) in [4.78, 5) is 23.5. The van der Waals surface area contributed by atoms with Crippen LogP contribution in [0.4, 0.5) is 0 Å². The molecule has 3 atom stereocenters. The van der Waals surface area contributed by atoms with E-state index in [0.717, 1.165) is 18.4 Å². The zero-order valence-electron chi connectivity index (χ0n) is 10.8. The molecule has 2 bridgehead atoms. The summed E-state index contributed by atoms with van der Waals surface area (Å²) >= 11 is 0. The highest BCUT2D eigenvalue weighted by molar-refractivity contribution is 5.93. The average Bonchev–Trinajstić information content (AvgIpc) is 2.81. The molecule has 0 amide bonds. The van der Waals surface area contributed by atoms with Crippen LogP contribution < -0.4 is 0 Å². The molecular formula is C15H16O4. The second-order valence-corrected chi connectivity index (χ2v) is 5.35. The van der Waals surface area contributed by atoms with Crippen molar-refractivity contribution in [1.82, 2.24) is 0 Å². The van der Waals surface area contributed by atoms with Crippen LogP contribution in [0.15, 0.2) is 35.5 Å². The molecule has 4 nitrogen and oxygen atoms in total. The molecule has 0 spiro atoms. The fourth-order valence-corrected chi connectivity index (χ4v) is 2.94. The first kappa shape index (κ1) is 12.2. The van der Waals surface area contributed by atoms with E-state index in [1.165, 1.54) is 0 Å². The van der Waals surface area contributed by atoms with E-state index >= 15 is 0 Å². The first-order valence-corrected chi connectivity index (χ1v) is 6.53. The van der Waals surface area contributed by atoms with Gasteiger partial charge in [-0.15, -0.1) is 0 Å². The molecule has 0 unspecified atom stereocenters. The largest absolute Gasteiger partial charge is 0.458 e. The molecule has 1 aliphatic carbocycles. The zero-order chi connectivity index (χ0) is 13.6. The maximum atomic E-state index is 11.8. The summed E-state index contributed by atoms with van der Waals surface area (Å²) in [7, 11) is 0. The molecule has 3 rings (SSSR count). The molecule has 2 aliphatic heterocycles. The van der Waals surface area contributed by atoms with Gasteiger partial charge in [0.2, 0.25) is 0 Å². The van der Waals surface area contributed by atoms with Crippen LogP contribution in [0.25, 0.3) is 0 Å². The van der Waals surface area contributed by atoms with Gasteiger partial charge in [0.15, 0.2) is 0 Å². The van der Waals surface area contributed by atoms with Gasteiger partial charge >= 0.3 is 11.9 Å². The van der Waals surface area contributed by atoms with Gasteiger partial charge < -0.3 is 9.47 Å². The van der Waals surface area contributed by atoms with Crippen LogP contribution in [-0.4, -0.2) is 24.1 Å². The van der Waals surface area contributed by atoms with Gasteiger partial charge in [-0.1, -0.05) is 18.2 Å². The Kier molecular flexibility index (Phi) is 2.81. The molecular weight excluding hydrogens is 244 g/mol. The number of rotatable bonds is 0. The summed E-state index contributed by atoms with van der Waals surface area (Å²) < 4.78 is 10.7. The Balaban J connectivity index is 2.00. The molecule has 0 aromatic rings. The molecule has 4 heteroatoms. The second kappa shape index (κ2) is 4.37. The van der Waals surface area contributed by atoms with Gasteiger partial charge in [-0.2, -0.15) is 0 Å². The maximum Gasteiger partial charge on any atom is 0.334 e. The van der Waals surface area contributed by atoms with Crippen molar-refractivity contribution in [2.45, 2.75) is 38.4 Å². The Morgan fingerprint density at radius 3 is 2.84 bits per heavy atom. The van der Waals surface area contributed by atoms with Crippen LogP contribution in [0.2, 0.25) is 0 Å². The lowest BCUT2D eigenvalue weighted by Crippen LogP contribution is -2.28. The highest BCUT2D eigenvalue weighted by Crippen LogP contribution is 2.39. The van der Waals surface area contributed by atoms with E-state index in [9.17, 15) is 9.59 Å². The number of hydrogen-bond acceptors (Lipinski definition) is 4. The van der Waals surface area contributed by atoms with Crippen molar-refractivity contribution in [3.63, 3.8) is 0 Å². The van der Waals surface area contributed by atoms with Crippen LogP contribution in [0.5, 0.6) is 0 Å². The van der Waals surface area contributed by atoms with Gasteiger partial charge in [0.05, 0.1) is 5.92 Å². The van der Waals surface area contributed by atoms with Crippen molar-refractivity contribution in [3.8, 4) is 0 Å². The van der Waals surface area contributed by atoms with E-state index < -0.39 is 0 Å². The van der Waals surface area contributed by atoms with Crippen LogP contribution >= 0.6 is 0 Å². The van der Waals surface area contributed by atoms with Crippen LogP contribution in [0.1, 0.15) is 26.2 Å². The Morgan fingerprint density at radius 2 is 2.05 bits per heavy atom. The molecule has 100 valence electrons. The zero-order valence-corrected chi connectivity index (χ0v) is 10.8. The summed E-state index contributed by atoms with van der Waals surface area (Å²) in [6, 6.07) is 0. The van der Waals surface area contributed by atoms with E-state index in [1.54, 1.807) is 0 Å². The molecule has 0 aromatic heterocycles. The topological polar surface area (TPSA) is 52.6 Å². The number of ether oxygens (including phenoxy) is 2. The third-order valence-corrected chi connectivity index (χ3v) is 3.98. The van der Waals surface area contributed by atoms with Gasteiger partial charge in [-0.3, -0.25) is 0 Å². The monoisotopic (exact) mass is 260 g/mol. The molecule has 2 fully saturated rings. The Hall–Kier alpha value is -1.84. The normalized spacial score (nSPS) is 36.9. The van der Waals surface area contributed by atoms with Crippen LogP contribution in [0.3, 0.4) is 0 Å². The number of fused-ring (bicyclic) bond motifs is 4. The van der Waals surface area contributed by atoms with Crippen molar-refractivity contribution < 1.29 is 19.1 Å². The Bertz CT molecular complexity index is 526. The molecule has 0 N–H and O–H groups in total. The van der Waals surface area contributed by atoms with Crippen LogP contribution in [0, 0.1) is 5.92 Å². The van der Waals surface area contributed by atoms with E-state index in [4.69, 9.17) is 9.47 Å². The first-order valence-electron chi connectivity index (χ1n) is 6.53. The van der Waals surface area contributed by atoms with Gasteiger partial charge in [0.1, 0.15) is 12.2 Å². The SMILES string of the molecule is C=C1C(=O)O[C@@H]2/C=C(\C)CCC=C3C[C@H](OC3=O)[C@@H]12. The fraction of sp³-hybridized carbons (Fsp3) is 0.467. The Morgan fingerprint density at radius 1 is 1.26 bits per heavy atom. The quantitative estimate of drug-likeness (QED) is 0.380. The van der Waals surface area contributed by atoms with E-state index in [1.807, 2.05) is 19.1 Å². The van der Waals surface area contributed by atoms with Crippen molar-refractivity contribution in [2.24, 2.45) is 5.92 Å².